The summed E-state index contributed by atoms with van der Waals surface area (Å²) in [5.41, 5.74) is 2.13. The van der Waals surface area contributed by atoms with E-state index in [4.69, 9.17) is 4.74 Å². The zero-order valence-electron chi connectivity index (χ0n) is 12.8. The number of aromatic nitrogens is 1. The van der Waals surface area contributed by atoms with Gasteiger partial charge in [-0.2, -0.15) is 0 Å². The van der Waals surface area contributed by atoms with Gasteiger partial charge in [0.1, 0.15) is 0 Å². The molecule has 1 aromatic heterocycles. The second-order valence-electron chi connectivity index (χ2n) is 5.61. The summed E-state index contributed by atoms with van der Waals surface area (Å²) in [5, 5.41) is 5.58. The van der Waals surface area contributed by atoms with E-state index in [9.17, 15) is 9.59 Å². The maximum atomic E-state index is 11.9. The summed E-state index contributed by atoms with van der Waals surface area (Å²) in [7, 11) is 0. The summed E-state index contributed by atoms with van der Waals surface area (Å²) in [4.78, 5) is 26.5. The Balaban J connectivity index is 1.88. The quantitative estimate of drug-likeness (QED) is 0.784. The first-order valence-electron chi connectivity index (χ1n) is 7.32. The number of H-pyrrole nitrogens is 1. The Labute approximate surface area is 124 Å². The number of carbonyl (C=O) groups excluding carboxylic acids is 1. The molecule has 0 aliphatic carbocycles. The van der Waals surface area contributed by atoms with Gasteiger partial charge in [-0.05, 0) is 45.2 Å². The summed E-state index contributed by atoms with van der Waals surface area (Å²) in [6.45, 7) is 6.61. The molecule has 6 nitrogen and oxygen atoms in total. The highest BCUT2D eigenvalue weighted by Crippen LogP contribution is 2.15. The van der Waals surface area contributed by atoms with E-state index in [1.54, 1.807) is 0 Å². The third-order valence-electron chi connectivity index (χ3n) is 3.80. The molecule has 2 heterocycles. The van der Waals surface area contributed by atoms with Gasteiger partial charge >= 0.3 is 6.03 Å². The molecular weight excluding hydrogens is 270 g/mol. The first-order valence-corrected chi connectivity index (χ1v) is 7.32. The minimum atomic E-state index is -0.280. The van der Waals surface area contributed by atoms with Crippen LogP contribution in [0.25, 0.3) is 0 Å². The van der Waals surface area contributed by atoms with Crippen LogP contribution in [0.1, 0.15) is 36.6 Å². The maximum absolute atomic E-state index is 11.9. The maximum Gasteiger partial charge on any atom is 0.315 e. The predicted octanol–water partition coefficient (Wildman–Crippen LogP) is 1.36. The van der Waals surface area contributed by atoms with Crippen molar-refractivity contribution in [3.63, 3.8) is 0 Å². The number of nitrogens with one attached hydrogen (secondary N) is 3. The highest BCUT2D eigenvalue weighted by Gasteiger charge is 2.23. The van der Waals surface area contributed by atoms with Gasteiger partial charge in [0.2, 0.25) is 0 Å². The lowest BCUT2D eigenvalue weighted by molar-refractivity contribution is 0.0860. The molecular formula is C15H23N3O3. The lowest BCUT2D eigenvalue weighted by atomic mass is 10.1. The van der Waals surface area contributed by atoms with Crippen LogP contribution >= 0.6 is 0 Å². The molecule has 2 atom stereocenters. The first-order chi connectivity index (χ1) is 9.97. The van der Waals surface area contributed by atoms with E-state index in [0.717, 1.165) is 30.7 Å². The van der Waals surface area contributed by atoms with Gasteiger partial charge in [-0.15, -0.1) is 0 Å². The fourth-order valence-corrected chi connectivity index (χ4v) is 2.62. The summed E-state index contributed by atoms with van der Waals surface area (Å²) in [5.74, 6) is 0. The van der Waals surface area contributed by atoms with Crippen molar-refractivity contribution < 1.29 is 9.53 Å². The van der Waals surface area contributed by atoms with Gasteiger partial charge in [-0.25, -0.2) is 4.79 Å². The Morgan fingerprint density at radius 1 is 1.52 bits per heavy atom. The molecule has 1 fully saturated rings. The highest BCUT2D eigenvalue weighted by atomic mass is 16.5. The van der Waals surface area contributed by atoms with Gasteiger partial charge in [-0.3, -0.25) is 4.79 Å². The molecule has 0 saturated carbocycles. The molecule has 2 rings (SSSR count). The van der Waals surface area contributed by atoms with Gasteiger partial charge in [0.15, 0.2) is 0 Å². The fourth-order valence-electron chi connectivity index (χ4n) is 2.62. The van der Waals surface area contributed by atoms with Crippen molar-refractivity contribution in [1.82, 2.24) is 15.6 Å². The van der Waals surface area contributed by atoms with Crippen molar-refractivity contribution in [3.05, 3.63) is 33.2 Å². The monoisotopic (exact) mass is 293 g/mol. The van der Waals surface area contributed by atoms with Crippen molar-refractivity contribution in [2.24, 2.45) is 0 Å². The Morgan fingerprint density at radius 3 is 2.90 bits per heavy atom. The minimum Gasteiger partial charge on any atom is -0.376 e. The molecule has 21 heavy (non-hydrogen) atoms. The van der Waals surface area contributed by atoms with Gasteiger partial charge in [0.05, 0.1) is 18.7 Å². The first kappa shape index (κ1) is 15.6. The number of pyridine rings is 1. The Bertz CT molecular complexity index is 562. The minimum absolute atomic E-state index is 0.0371. The summed E-state index contributed by atoms with van der Waals surface area (Å²) >= 11 is 0. The molecule has 2 amide bonds. The second kappa shape index (κ2) is 6.76. The van der Waals surface area contributed by atoms with Crippen LogP contribution in [0.5, 0.6) is 0 Å². The average molecular weight is 293 g/mol. The van der Waals surface area contributed by atoms with E-state index in [1.807, 2.05) is 26.8 Å². The molecule has 1 aliphatic heterocycles. The highest BCUT2D eigenvalue weighted by molar-refractivity contribution is 5.74. The van der Waals surface area contributed by atoms with Crippen molar-refractivity contribution in [2.75, 3.05) is 6.61 Å². The largest absolute Gasteiger partial charge is 0.376 e. The normalized spacial score (nSPS) is 19.3. The van der Waals surface area contributed by atoms with Crippen molar-refractivity contribution >= 4 is 6.03 Å². The molecule has 0 unspecified atom stereocenters. The number of hydrogen-bond donors (Lipinski definition) is 3. The lowest BCUT2D eigenvalue weighted by Crippen LogP contribution is -2.46. The van der Waals surface area contributed by atoms with Crippen LogP contribution in [0.4, 0.5) is 4.79 Å². The molecule has 0 radical (unpaired) electrons. The second-order valence-corrected chi connectivity index (χ2v) is 5.61. The lowest BCUT2D eigenvalue weighted by Gasteiger charge is -2.20. The number of aryl methyl sites for hydroxylation is 2. The van der Waals surface area contributed by atoms with Crippen LogP contribution in [-0.4, -0.2) is 29.8 Å². The fraction of sp³-hybridized carbons (Fsp3) is 0.600. The molecule has 1 saturated heterocycles. The number of rotatable bonds is 4. The molecule has 116 valence electrons. The number of ether oxygens (including phenoxy) is 1. The van der Waals surface area contributed by atoms with Gasteiger partial charge in [-0.1, -0.05) is 0 Å². The van der Waals surface area contributed by atoms with E-state index >= 15 is 0 Å². The van der Waals surface area contributed by atoms with E-state index in [1.165, 1.54) is 0 Å². The van der Waals surface area contributed by atoms with Crippen LogP contribution in [0.3, 0.4) is 0 Å². The van der Waals surface area contributed by atoms with Crippen molar-refractivity contribution in [2.45, 2.75) is 52.3 Å². The van der Waals surface area contributed by atoms with Crippen LogP contribution < -0.4 is 16.2 Å². The number of urea groups is 1. The number of carbonyl (C=O) groups is 1. The standard InChI is InChI=1S/C15H23N3O3/c1-9-7-10(2)17-14(19)12(9)8-16-15(20)18-11(3)13-5-4-6-21-13/h7,11,13H,4-6,8H2,1-3H3,(H,17,19)(H2,16,18,20)/t11-,13+/m1/s1. The van der Waals surface area contributed by atoms with E-state index in [-0.39, 0.29) is 30.3 Å². The third-order valence-corrected chi connectivity index (χ3v) is 3.80. The Kier molecular flexibility index (Phi) is 5.01. The molecule has 3 N–H and O–H groups in total. The van der Waals surface area contributed by atoms with Crippen LogP contribution in [0.2, 0.25) is 0 Å². The number of hydrogen-bond acceptors (Lipinski definition) is 3. The van der Waals surface area contributed by atoms with Gasteiger partial charge in [0, 0.05) is 17.9 Å². The smallest absolute Gasteiger partial charge is 0.315 e. The summed E-state index contributed by atoms with van der Waals surface area (Å²) in [6.07, 6.45) is 2.09. The molecule has 0 aromatic carbocycles. The van der Waals surface area contributed by atoms with Crippen LogP contribution in [0, 0.1) is 13.8 Å². The molecule has 0 spiro atoms. The van der Waals surface area contributed by atoms with Crippen LogP contribution in [-0.2, 0) is 11.3 Å². The summed E-state index contributed by atoms with van der Waals surface area (Å²) < 4.78 is 5.53. The zero-order chi connectivity index (χ0) is 15.4. The number of amides is 2. The van der Waals surface area contributed by atoms with Gasteiger partial charge in [0.25, 0.3) is 5.56 Å². The third kappa shape index (κ3) is 4.07. The van der Waals surface area contributed by atoms with E-state index < -0.39 is 0 Å². The van der Waals surface area contributed by atoms with Gasteiger partial charge < -0.3 is 20.4 Å². The van der Waals surface area contributed by atoms with Crippen molar-refractivity contribution in [1.29, 1.82) is 0 Å². The Hall–Kier alpha value is -1.82. The summed E-state index contributed by atoms with van der Waals surface area (Å²) in [6, 6.07) is 1.58. The molecule has 0 bridgehead atoms. The van der Waals surface area contributed by atoms with Crippen LogP contribution in [0.15, 0.2) is 10.9 Å². The van der Waals surface area contributed by atoms with Crippen molar-refractivity contribution in [3.8, 4) is 0 Å². The SMILES string of the molecule is Cc1cc(C)c(CNC(=O)N[C@H](C)[C@@H]2CCCO2)c(=O)[nH]1. The average Bonchev–Trinajstić information content (AvgIpc) is 2.91. The number of aromatic amines is 1. The molecule has 1 aliphatic rings. The molecule has 1 aromatic rings. The molecule has 6 heteroatoms. The topological polar surface area (TPSA) is 83.2 Å². The Morgan fingerprint density at radius 2 is 2.29 bits per heavy atom. The predicted molar refractivity (Wildman–Crippen MR) is 80.3 cm³/mol. The zero-order valence-corrected chi connectivity index (χ0v) is 12.8. The van der Waals surface area contributed by atoms with E-state index in [0.29, 0.717) is 5.56 Å². The van der Waals surface area contributed by atoms with E-state index in [2.05, 4.69) is 15.6 Å².